The molecule has 0 saturated heterocycles. The Labute approximate surface area is 198 Å². The quantitative estimate of drug-likeness (QED) is 0.414. The molecule has 0 amide bonds. The SMILES string of the molecule is C=C(C)C.CC1C(O)CCC2(C)C1CCC1(C)C2CCC2C3CCCC3(CO)CC[C@]21C. The molecule has 0 spiro atoms. The van der Waals surface area contributed by atoms with Crippen LogP contribution in [0.3, 0.4) is 0 Å². The second-order valence-electron chi connectivity index (χ2n) is 13.9. The van der Waals surface area contributed by atoms with Gasteiger partial charge in [0.25, 0.3) is 0 Å². The standard InChI is InChI=1S/C26H44O2.C4H8/c1-17-18-9-13-25(4)22(23(18,2)12-10-21(17)28)8-7-19-20-6-5-11-26(20,16-27)15-14-24(19,25)3;1-4(2)3/h17-22,27-28H,5-16H2,1-4H3;1H2,2-3H3/t17?,18?,19?,20?,21?,22?,23?,24-,25?,26?;/m1./s1. The molecule has 32 heavy (non-hydrogen) atoms. The maximum Gasteiger partial charge on any atom is 0.0568 e. The highest BCUT2D eigenvalue weighted by Gasteiger charge is 2.68. The van der Waals surface area contributed by atoms with Gasteiger partial charge in [0.1, 0.15) is 0 Å². The van der Waals surface area contributed by atoms with Gasteiger partial charge in [-0.25, -0.2) is 0 Å². The molecule has 0 bridgehead atoms. The maximum absolute atomic E-state index is 10.6. The van der Waals surface area contributed by atoms with Gasteiger partial charge in [0, 0.05) is 6.61 Å². The van der Waals surface area contributed by atoms with Crippen LogP contribution in [0.5, 0.6) is 0 Å². The number of rotatable bonds is 1. The molecule has 5 rings (SSSR count). The van der Waals surface area contributed by atoms with Crippen LogP contribution in [0.1, 0.15) is 112 Å². The van der Waals surface area contributed by atoms with E-state index in [0.717, 1.165) is 24.2 Å². The van der Waals surface area contributed by atoms with Gasteiger partial charge in [0.15, 0.2) is 0 Å². The van der Waals surface area contributed by atoms with Crippen molar-refractivity contribution in [3.8, 4) is 0 Å². The van der Waals surface area contributed by atoms with E-state index in [1.54, 1.807) is 0 Å². The van der Waals surface area contributed by atoms with E-state index in [-0.39, 0.29) is 11.5 Å². The Kier molecular flexibility index (Phi) is 6.50. The van der Waals surface area contributed by atoms with Crippen LogP contribution in [0.15, 0.2) is 12.2 Å². The molecule has 5 aliphatic carbocycles. The summed E-state index contributed by atoms with van der Waals surface area (Å²) in [5, 5.41) is 20.9. The van der Waals surface area contributed by atoms with Crippen molar-refractivity contribution in [1.29, 1.82) is 0 Å². The second kappa shape index (κ2) is 8.40. The summed E-state index contributed by atoms with van der Waals surface area (Å²) in [5.41, 5.74) is 2.73. The predicted octanol–water partition coefficient (Wildman–Crippen LogP) is 7.39. The minimum absolute atomic E-state index is 0.0762. The van der Waals surface area contributed by atoms with Crippen LogP contribution in [0.4, 0.5) is 0 Å². The molecular formula is C30H52O2. The molecule has 0 radical (unpaired) electrons. The van der Waals surface area contributed by atoms with E-state index in [4.69, 9.17) is 0 Å². The van der Waals surface area contributed by atoms with E-state index in [1.807, 2.05) is 13.8 Å². The number of fused-ring (bicyclic) bond motifs is 7. The Bertz CT molecular complexity index is 712. The van der Waals surface area contributed by atoms with Crippen molar-refractivity contribution in [3.05, 3.63) is 12.2 Å². The fourth-order valence-corrected chi connectivity index (χ4v) is 10.6. The molecule has 0 aromatic heterocycles. The summed E-state index contributed by atoms with van der Waals surface area (Å²) in [4.78, 5) is 0. The van der Waals surface area contributed by atoms with Gasteiger partial charge < -0.3 is 10.2 Å². The van der Waals surface area contributed by atoms with Gasteiger partial charge in [-0.2, -0.15) is 0 Å². The van der Waals surface area contributed by atoms with Gasteiger partial charge >= 0.3 is 0 Å². The van der Waals surface area contributed by atoms with Crippen LogP contribution in [0.2, 0.25) is 0 Å². The molecule has 0 aromatic rings. The van der Waals surface area contributed by atoms with Crippen molar-refractivity contribution < 1.29 is 10.2 Å². The molecule has 5 aliphatic rings. The van der Waals surface area contributed by atoms with Crippen LogP contribution in [0, 0.1) is 51.2 Å². The lowest BCUT2D eigenvalue weighted by atomic mass is 9.33. The monoisotopic (exact) mass is 444 g/mol. The molecular weight excluding hydrogens is 392 g/mol. The molecule has 0 aromatic carbocycles. The third kappa shape index (κ3) is 3.40. The van der Waals surface area contributed by atoms with Crippen molar-refractivity contribution in [2.24, 2.45) is 51.2 Å². The molecule has 10 atom stereocenters. The Balaban J connectivity index is 0.000000567. The summed E-state index contributed by atoms with van der Waals surface area (Å²) >= 11 is 0. The van der Waals surface area contributed by atoms with Gasteiger partial charge in [-0.15, -0.1) is 6.58 Å². The summed E-state index contributed by atoms with van der Waals surface area (Å²) in [7, 11) is 0. The highest BCUT2D eigenvalue weighted by atomic mass is 16.3. The Morgan fingerprint density at radius 3 is 2.16 bits per heavy atom. The van der Waals surface area contributed by atoms with Crippen molar-refractivity contribution in [3.63, 3.8) is 0 Å². The summed E-state index contributed by atoms with van der Waals surface area (Å²) in [6.07, 6.45) is 14.2. The van der Waals surface area contributed by atoms with E-state index in [2.05, 4.69) is 34.3 Å². The average Bonchev–Trinajstić information content (AvgIpc) is 3.16. The fourth-order valence-electron chi connectivity index (χ4n) is 10.6. The Morgan fingerprint density at radius 1 is 0.812 bits per heavy atom. The number of aliphatic hydroxyl groups is 2. The summed E-state index contributed by atoms with van der Waals surface area (Å²) in [6.45, 7) is 18.2. The molecule has 9 unspecified atom stereocenters. The lowest BCUT2D eigenvalue weighted by Crippen LogP contribution is -2.65. The third-order valence-corrected chi connectivity index (χ3v) is 12.4. The number of hydrogen-bond acceptors (Lipinski definition) is 2. The second-order valence-corrected chi connectivity index (χ2v) is 13.9. The first-order chi connectivity index (χ1) is 14.9. The zero-order valence-corrected chi connectivity index (χ0v) is 22.1. The lowest BCUT2D eigenvalue weighted by molar-refractivity contribution is -0.235. The molecule has 0 heterocycles. The van der Waals surface area contributed by atoms with E-state index in [9.17, 15) is 10.2 Å². The number of allylic oxidation sites excluding steroid dienone is 1. The van der Waals surface area contributed by atoms with E-state index < -0.39 is 0 Å². The van der Waals surface area contributed by atoms with E-state index in [1.165, 1.54) is 69.8 Å². The molecule has 2 nitrogen and oxygen atoms in total. The smallest absolute Gasteiger partial charge is 0.0568 e. The van der Waals surface area contributed by atoms with Gasteiger partial charge in [-0.05, 0) is 129 Å². The Morgan fingerprint density at radius 2 is 1.50 bits per heavy atom. The van der Waals surface area contributed by atoms with E-state index >= 15 is 0 Å². The predicted molar refractivity (Wildman–Crippen MR) is 134 cm³/mol. The highest BCUT2D eigenvalue weighted by molar-refractivity contribution is 5.17. The van der Waals surface area contributed by atoms with Gasteiger partial charge in [-0.3, -0.25) is 0 Å². The first kappa shape index (κ1) is 24.8. The van der Waals surface area contributed by atoms with Crippen LogP contribution in [-0.4, -0.2) is 22.9 Å². The molecule has 2 heteroatoms. The average molecular weight is 445 g/mol. The molecule has 0 aliphatic heterocycles. The highest BCUT2D eigenvalue weighted by Crippen LogP contribution is 2.75. The van der Waals surface area contributed by atoms with Gasteiger partial charge in [-0.1, -0.05) is 39.7 Å². The van der Waals surface area contributed by atoms with Crippen LogP contribution in [0.25, 0.3) is 0 Å². The summed E-state index contributed by atoms with van der Waals surface area (Å²) in [5.74, 6) is 3.59. The van der Waals surface area contributed by atoms with Crippen LogP contribution in [-0.2, 0) is 0 Å². The van der Waals surface area contributed by atoms with E-state index in [0.29, 0.717) is 34.7 Å². The molecule has 2 N–H and O–H groups in total. The maximum atomic E-state index is 10.6. The van der Waals surface area contributed by atoms with Crippen molar-refractivity contribution in [1.82, 2.24) is 0 Å². The fraction of sp³-hybridized carbons (Fsp3) is 0.933. The number of aliphatic hydroxyl groups excluding tert-OH is 2. The van der Waals surface area contributed by atoms with Crippen LogP contribution < -0.4 is 0 Å². The van der Waals surface area contributed by atoms with Crippen LogP contribution >= 0.6 is 0 Å². The van der Waals surface area contributed by atoms with Crippen molar-refractivity contribution in [2.45, 2.75) is 118 Å². The normalized spacial score (nSPS) is 54.2. The minimum atomic E-state index is -0.0762. The largest absolute Gasteiger partial charge is 0.396 e. The lowest BCUT2D eigenvalue weighted by Gasteiger charge is -2.71. The molecule has 184 valence electrons. The first-order valence-corrected chi connectivity index (χ1v) is 13.9. The zero-order chi connectivity index (χ0) is 23.5. The summed E-state index contributed by atoms with van der Waals surface area (Å²) in [6, 6.07) is 0. The van der Waals surface area contributed by atoms with Gasteiger partial charge in [0.05, 0.1) is 6.10 Å². The van der Waals surface area contributed by atoms with Gasteiger partial charge in [0.2, 0.25) is 0 Å². The van der Waals surface area contributed by atoms with Crippen molar-refractivity contribution >= 4 is 0 Å². The first-order valence-electron chi connectivity index (χ1n) is 13.9. The third-order valence-electron chi connectivity index (χ3n) is 12.4. The number of hydrogen-bond donors (Lipinski definition) is 2. The zero-order valence-electron chi connectivity index (χ0n) is 22.1. The Hall–Kier alpha value is -0.340. The summed E-state index contributed by atoms with van der Waals surface area (Å²) < 4.78 is 0. The van der Waals surface area contributed by atoms with Crippen molar-refractivity contribution in [2.75, 3.05) is 6.61 Å². The molecule has 5 fully saturated rings. The molecule has 5 saturated carbocycles. The minimum Gasteiger partial charge on any atom is -0.396 e. The topological polar surface area (TPSA) is 40.5 Å².